The highest BCUT2D eigenvalue weighted by atomic mass is 16.1. The topological polar surface area (TPSA) is 29.1 Å². The standard InChI is InChI=1S/C10H17NO/c1-10(2)8-4-3-7(5-8)9(10)11-6-12/h6-9H,3-5H2,1-2H3,(H,11,12)/t7-,8+,9-/m1/s1. The minimum absolute atomic E-state index is 0.337. The zero-order valence-corrected chi connectivity index (χ0v) is 7.84. The molecule has 0 saturated heterocycles. The normalized spacial score (nSPS) is 43.0. The van der Waals surface area contributed by atoms with Crippen molar-refractivity contribution < 1.29 is 4.79 Å². The number of nitrogens with one attached hydrogen (secondary N) is 1. The first-order chi connectivity index (χ1) is 5.66. The van der Waals surface area contributed by atoms with Crippen LogP contribution in [-0.2, 0) is 4.79 Å². The van der Waals surface area contributed by atoms with Crippen LogP contribution in [0, 0.1) is 17.3 Å². The third-order valence-corrected chi connectivity index (χ3v) is 4.05. The molecule has 2 aliphatic carbocycles. The lowest BCUT2D eigenvalue weighted by Crippen LogP contribution is -2.45. The van der Waals surface area contributed by atoms with Crippen molar-refractivity contribution in [2.45, 2.75) is 39.2 Å². The zero-order chi connectivity index (χ0) is 8.77. The van der Waals surface area contributed by atoms with E-state index >= 15 is 0 Å². The number of hydrogen-bond acceptors (Lipinski definition) is 1. The molecule has 0 radical (unpaired) electrons. The largest absolute Gasteiger partial charge is 0.355 e. The van der Waals surface area contributed by atoms with Crippen molar-refractivity contribution in [2.24, 2.45) is 17.3 Å². The van der Waals surface area contributed by atoms with Crippen LogP contribution in [0.1, 0.15) is 33.1 Å². The van der Waals surface area contributed by atoms with Gasteiger partial charge in [-0.25, -0.2) is 0 Å². The molecule has 1 amide bonds. The van der Waals surface area contributed by atoms with Crippen molar-refractivity contribution in [1.82, 2.24) is 5.32 Å². The molecule has 0 aromatic carbocycles. The van der Waals surface area contributed by atoms with Gasteiger partial charge in [-0.2, -0.15) is 0 Å². The molecule has 2 nitrogen and oxygen atoms in total. The molecule has 3 atom stereocenters. The Kier molecular flexibility index (Phi) is 1.67. The Labute approximate surface area is 73.7 Å². The summed E-state index contributed by atoms with van der Waals surface area (Å²) in [4.78, 5) is 10.4. The van der Waals surface area contributed by atoms with Crippen molar-refractivity contribution in [3.05, 3.63) is 0 Å². The summed E-state index contributed by atoms with van der Waals surface area (Å²) in [5.41, 5.74) is 0.337. The van der Waals surface area contributed by atoms with E-state index in [1.807, 2.05) is 0 Å². The van der Waals surface area contributed by atoms with E-state index in [1.165, 1.54) is 19.3 Å². The molecule has 0 aromatic rings. The fraction of sp³-hybridized carbons (Fsp3) is 0.900. The Morgan fingerprint density at radius 1 is 1.42 bits per heavy atom. The molecule has 2 fully saturated rings. The molecule has 2 heteroatoms. The van der Waals surface area contributed by atoms with Gasteiger partial charge in [0.25, 0.3) is 0 Å². The quantitative estimate of drug-likeness (QED) is 0.621. The van der Waals surface area contributed by atoms with Gasteiger partial charge >= 0.3 is 0 Å². The molecule has 0 aromatic heterocycles. The Morgan fingerprint density at radius 3 is 2.67 bits per heavy atom. The van der Waals surface area contributed by atoms with E-state index in [4.69, 9.17) is 0 Å². The van der Waals surface area contributed by atoms with E-state index in [-0.39, 0.29) is 0 Å². The number of hydrogen-bond donors (Lipinski definition) is 1. The lowest BCUT2D eigenvalue weighted by atomic mass is 9.73. The second-order valence-corrected chi connectivity index (χ2v) is 4.85. The van der Waals surface area contributed by atoms with E-state index in [0.29, 0.717) is 11.5 Å². The first-order valence-corrected chi connectivity index (χ1v) is 4.86. The molecule has 2 saturated carbocycles. The average molecular weight is 167 g/mol. The summed E-state index contributed by atoms with van der Waals surface area (Å²) in [5, 5.41) is 2.99. The third kappa shape index (κ3) is 0.900. The van der Waals surface area contributed by atoms with Crippen LogP contribution in [-0.4, -0.2) is 12.5 Å². The lowest BCUT2D eigenvalue weighted by Gasteiger charge is -2.37. The number of rotatable bonds is 2. The van der Waals surface area contributed by atoms with Gasteiger partial charge in [0, 0.05) is 6.04 Å². The maximum Gasteiger partial charge on any atom is 0.207 e. The number of carbonyl (C=O) groups excluding carboxylic acids is 1. The van der Waals surface area contributed by atoms with E-state index in [0.717, 1.165) is 18.2 Å². The summed E-state index contributed by atoms with van der Waals surface area (Å²) in [6.45, 7) is 4.58. The third-order valence-electron chi connectivity index (χ3n) is 4.05. The van der Waals surface area contributed by atoms with Crippen LogP contribution in [0.15, 0.2) is 0 Å². The van der Waals surface area contributed by atoms with Crippen molar-refractivity contribution in [3.63, 3.8) is 0 Å². The molecule has 68 valence electrons. The molecular weight excluding hydrogens is 150 g/mol. The van der Waals surface area contributed by atoms with Gasteiger partial charge in [0.05, 0.1) is 0 Å². The fourth-order valence-corrected chi connectivity index (χ4v) is 3.28. The van der Waals surface area contributed by atoms with Crippen LogP contribution in [0.2, 0.25) is 0 Å². The van der Waals surface area contributed by atoms with E-state index in [1.54, 1.807) is 0 Å². The van der Waals surface area contributed by atoms with Crippen LogP contribution >= 0.6 is 0 Å². The first kappa shape index (κ1) is 8.09. The smallest absolute Gasteiger partial charge is 0.207 e. The first-order valence-electron chi connectivity index (χ1n) is 4.86. The molecule has 12 heavy (non-hydrogen) atoms. The number of amides is 1. The molecule has 1 N–H and O–H groups in total. The van der Waals surface area contributed by atoms with Crippen LogP contribution < -0.4 is 5.32 Å². The maximum atomic E-state index is 10.4. The van der Waals surface area contributed by atoms with E-state index in [2.05, 4.69) is 19.2 Å². The Morgan fingerprint density at radius 2 is 2.17 bits per heavy atom. The minimum Gasteiger partial charge on any atom is -0.355 e. The van der Waals surface area contributed by atoms with Gasteiger partial charge in [0.15, 0.2) is 0 Å². The van der Waals surface area contributed by atoms with Crippen LogP contribution in [0.4, 0.5) is 0 Å². The molecular formula is C10H17NO. The van der Waals surface area contributed by atoms with Crippen molar-refractivity contribution in [2.75, 3.05) is 0 Å². The van der Waals surface area contributed by atoms with E-state index < -0.39 is 0 Å². The Hall–Kier alpha value is -0.530. The molecule has 2 bridgehead atoms. The highest BCUT2D eigenvalue weighted by Crippen LogP contribution is 2.55. The van der Waals surface area contributed by atoms with E-state index in [9.17, 15) is 4.79 Å². The van der Waals surface area contributed by atoms with Gasteiger partial charge in [-0.3, -0.25) is 4.79 Å². The van der Waals surface area contributed by atoms with Crippen molar-refractivity contribution >= 4 is 6.41 Å². The van der Waals surface area contributed by atoms with Crippen LogP contribution in [0.25, 0.3) is 0 Å². The fourth-order valence-electron chi connectivity index (χ4n) is 3.28. The highest BCUT2D eigenvalue weighted by Gasteiger charge is 2.52. The second-order valence-electron chi connectivity index (χ2n) is 4.85. The Bertz CT molecular complexity index is 200. The van der Waals surface area contributed by atoms with Gasteiger partial charge in [-0.15, -0.1) is 0 Å². The average Bonchev–Trinajstić information content (AvgIpc) is 2.53. The molecule has 2 rings (SSSR count). The molecule has 0 aliphatic heterocycles. The molecule has 2 aliphatic rings. The predicted molar refractivity (Wildman–Crippen MR) is 47.6 cm³/mol. The van der Waals surface area contributed by atoms with Gasteiger partial charge in [0.1, 0.15) is 0 Å². The number of fused-ring (bicyclic) bond motifs is 2. The van der Waals surface area contributed by atoms with Gasteiger partial charge in [-0.05, 0) is 36.5 Å². The lowest BCUT2D eigenvalue weighted by molar-refractivity contribution is -0.111. The SMILES string of the molecule is CC1(C)[C@H]2CC[C@H](C2)[C@H]1NC=O. The summed E-state index contributed by atoms with van der Waals surface area (Å²) < 4.78 is 0. The molecule has 0 spiro atoms. The van der Waals surface area contributed by atoms with Gasteiger partial charge in [-0.1, -0.05) is 13.8 Å². The van der Waals surface area contributed by atoms with Crippen molar-refractivity contribution in [3.8, 4) is 0 Å². The van der Waals surface area contributed by atoms with Crippen LogP contribution in [0.5, 0.6) is 0 Å². The van der Waals surface area contributed by atoms with Gasteiger partial charge in [0.2, 0.25) is 6.41 Å². The summed E-state index contributed by atoms with van der Waals surface area (Å²) in [6, 6.07) is 0.439. The summed E-state index contributed by atoms with van der Waals surface area (Å²) in [5.74, 6) is 1.61. The monoisotopic (exact) mass is 167 g/mol. The molecule has 0 unspecified atom stereocenters. The Balaban J connectivity index is 2.17. The molecule has 0 heterocycles. The number of carbonyl (C=O) groups is 1. The maximum absolute atomic E-state index is 10.4. The second kappa shape index (κ2) is 2.48. The zero-order valence-electron chi connectivity index (χ0n) is 7.84. The minimum atomic E-state index is 0.337. The summed E-state index contributed by atoms with van der Waals surface area (Å²) >= 11 is 0. The van der Waals surface area contributed by atoms with Gasteiger partial charge < -0.3 is 5.32 Å². The highest BCUT2D eigenvalue weighted by molar-refractivity contribution is 5.47. The predicted octanol–water partition coefficient (Wildman–Crippen LogP) is 1.56. The summed E-state index contributed by atoms with van der Waals surface area (Å²) in [6.07, 6.45) is 4.89. The van der Waals surface area contributed by atoms with Crippen LogP contribution in [0.3, 0.4) is 0 Å². The van der Waals surface area contributed by atoms with Crippen molar-refractivity contribution in [1.29, 1.82) is 0 Å². The summed E-state index contributed by atoms with van der Waals surface area (Å²) in [7, 11) is 0.